The van der Waals surface area contributed by atoms with Crippen molar-refractivity contribution in [2.24, 2.45) is 11.8 Å². The van der Waals surface area contributed by atoms with E-state index in [1.807, 2.05) is 0 Å². The van der Waals surface area contributed by atoms with Crippen molar-refractivity contribution in [1.29, 1.82) is 0 Å². The fourth-order valence-corrected chi connectivity index (χ4v) is 2.48. The van der Waals surface area contributed by atoms with Crippen molar-refractivity contribution in [2.75, 3.05) is 0 Å². The third-order valence-corrected chi connectivity index (χ3v) is 3.46. The van der Waals surface area contributed by atoms with Gasteiger partial charge in [0, 0.05) is 0 Å². The molecule has 1 rings (SSSR count). The number of allylic oxidation sites excluding steroid dienone is 2. The predicted molar refractivity (Wildman–Crippen MR) is 61.2 cm³/mol. The van der Waals surface area contributed by atoms with Gasteiger partial charge >= 0.3 is 0 Å². The molecule has 1 N–H and O–H groups in total. The second-order valence-electron chi connectivity index (χ2n) is 4.84. The molecule has 3 unspecified atom stereocenters. The molecule has 3 atom stereocenters. The lowest BCUT2D eigenvalue weighted by molar-refractivity contribution is 0.0651. The summed E-state index contributed by atoms with van der Waals surface area (Å²) < 4.78 is 0. The molecule has 0 radical (unpaired) electrons. The Balaban J connectivity index is 2.43. The Morgan fingerprint density at radius 2 is 2.29 bits per heavy atom. The van der Waals surface area contributed by atoms with Crippen LogP contribution >= 0.6 is 0 Å². The molecule has 1 heteroatoms. The minimum absolute atomic E-state index is 0.0747. The first kappa shape index (κ1) is 11.8. The van der Waals surface area contributed by atoms with Crippen LogP contribution in [0.3, 0.4) is 0 Å². The Morgan fingerprint density at radius 3 is 2.86 bits per heavy atom. The number of aliphatic hydroxyl groups is 1. The third-order valence-electron chi connectivity index (χ3n) is 3.46. The van der Waals surface area contributed by atoms with Gasteiger partial charge in [0.05, 0.1) is 6.10 Å². The average molecular weight is 196 g/mol. The monoisotopic (exact) mass is 196 g/mol. The Kier molecular flexibility index (Phi) is 4.67. The second kappa shape index (κ2) is 5.55. The normalized spacial score (nSPS) is 29.9. The molecule has 0 aromatic carbocycles. The van der Waals surface area contributed by atoms with E-state index in [1.165, 1.54) is 18.4 Å². The largest absolute Gasteiger partial charge is 0.393 e. The highest BCUT2D eigenvalue weighted by atomic mass is 16.3. The minimum atomic E-state index is -0.0747. The fourth-order valence-electron chi connectivity index (χ4n) is 2.48. The maximum absolute atomic E-state index is 10.0. The zero-order valence-corrected chi connectivity index (χ0v) is 9.79. The Bertz CT molecular complexity index is 195. The Labute approximate surface area is 88.2 Å². The molecule has 0 bridgehead atoms. The molecule has 0 saturated heterocycles. The fraction of sp³-hybridized carbons (Fsp3) is 0.846. The number of aliphatic hydroxyl groups excluding tert-OH is 1. The summed E-state index contributed by atoms with van der Waals surface area (Å²) in [7, 11) is 0. The number of unbranched alkanes of at least 4 members (excludes halogenated alkanes) is 1. The number of hydrogen-bond acceptors (Lipinski definition) is 1. The van der Waals surface area contributed by atoms with Crippen LogP contribution in [0.1, 0.15) is 52.9 Å². The molecule has 1 aliphatic rings. The summed E-state index contributed by atoms with van der Waals surface area (Å²) in [6.45, 7) is 6.66. The summed E-state index contributed by atoms with van der Waals surface area (Å²) in [5.41, 5.74) is 1.50. The first-order valence-corrected chi connectivity index (χ1v) is 5.98. The molecular weight excluding hydrogens is 172 g/mol. The van der Waals surface area contributed by atoms with Crippen LogP contribution in [0.15, 0.2) is 11.6 Å². The van der Waals surface area contributed by atoms with Crippen LogP contribution in [0.4, 0.5) is 0 Å². The first-order valence-electron chi connectivity index (χ1n) is 5.98. The van der Waals surface area contributed by atoms with Crippen molar-refractivity contribution in [3.63, 3.8) is 0 Å². The Hall–Kier alpha value is -0.300. The smallest absolute Gasteiger partial charge is 0.0574 e. The van der Waals surface area contributed by atoms with Crippen LogP contribution in [-0.2, 0) is 0 Å². The molecule has 14 heavy (non-hydrogen) atoms. The zero-order chi connectivity index (χ0) is 10.6. The summed E-state index contributed by atoms with van der Waals surface area (Å²) in [5, 5.41) is 10.0. The van der Waals surface area contributed by atoms with Gasteiger partial charge in [0.25, 0.3) is 0 Å². The van der Waals surface area contributed by atoms with Crippen molar-refractivity contribution in [3.05, 3.63) is 11.6 Å². The van der Waals surface area contributed by atoms with E-state index in [0.29, 0.717) is 11.8 Å². The van der Waals surface area contributed by atoms with Crippen LogP contribution < -0.4 is 0 Å². The Morgan fingerprint density at radius 1 is 1.57 bits per heavy atom. The van der Waals surface area contributed by atoms with Gasteiger partial charge in [-0.25, -0.2) is 0 Å². The molecule has 0 spiro atoms. The van der Waals surface area contributed by atoms with Crippen LogP contribution in [0.5, 0.6) is 0 Å². The van der Waals surface area contributed by atoms with Gasteiger partial charge in [-0.15, -0.1) is 0 Å². The molecule has 0 saturated carbocycles. The molecule has 0 aliphatic heterocycles. The van der Waals surface area contributed by atoms with E-state index >= 15 is 0 Å². The molecule has 0 aromatic heterocycles. The average Bonchev–Trinajstić information content (AvgIpc) is 2.14. The van der Waals surface area contributed by atoms with Gasteiger partial charge in [0.15, 0.2) is 0 Å². The highest BCUT2D eigenvalue weighted by Crippen LogP contribution is 2.32. The minimum Gasteiger partial charge on any atom is -0.393 e. The zero-order valence-electron chi connectivity index (χ0n) is 9.79. The second-order valence-corrected chi connectivity index (χ2v) is 4.84. The maximum atomic E-state index is 10.0. The van der Waals surface area contributed by atoms with Crippen molar-refractivity contribution in [1.82, 2.24) is 0 Å². The highest BCUT2D eigenvalue weighted by Gasteiger charge is 2.26. The van der Waals surface area contributed by atoms with Crippen molar-refractivity contribution >= 4 is 0 Å². The molecule has 0 aromatic rings. The van der Waals surface area contributed by atoms with Gasteiger partial charge in [-0.3, -0.25) is 0 Å². The lowest BCUT2D eigenvalue weighted by atomic mass is 9.77. The topological polar surface area (TPSA) is 20.2 Å². The molecule has 1 nitrogen and oxygen atoms in total. The standard InChI is InChI=1S/C13H24O/c1-4-5-6-13(14)12-8-7-10(2)9-11(12)3/h7,11-14H,4-6,8-9H2,1-3H3. The third kappa shape index (κ3) is 3.13. The van der Waals surface area contributed by atoms with Gasteiger partial charge in [0.2, 0.25) is 0 Å². The summed E-state index contributed by atoms with van der Waals surface area (Å²) in [5.74, 6) is 1.16. The lowest BCUT2D eigenvalue weighted by Gasteiger charge is -2.31. The van der Waals surface area contributed by atoms with Crippen molar-refractivity contribution < 1.29 is 5.11 Å². The van der Waals surface area contributed by atoms with Gasteiger partial charge in [0.1, 0.15) is 0 Å². The van der Waals surface area contributed by atoms with Gasteiger partial charge in [-0.1, -0.05) is 38.3 Å². The van der Waals surface area contributed by atoms with E-state index in [-0.39, 0.29) is 6.10 Å². The highest BCUT2D eigenvalue weighted by molar-refractivity contribution is 5.05. The van der Waals surface area contributed by atoms with Gasteiger partial charge in [-0.05, 0) is 38.0 Å². The SMILES string of the molecule is CCCCC(O)C1CC=C(C)CC1C. The summed E-state index contributed by atoms with van der Waals surface area (Å²) in [4.78, 5) is 0. The van der Waals surface area contributed by atoms with Crippen LogP contribution in [0, 0.1) is 11.8 Å². The van der Waals surface area contributed by atoms with E-state index in [4.69, 9.17) is 0 Å². The number of rotatable bonds is 4. The van der Waals surface area contributed by atoms with E-state index < -0.39 is 0 Å². The maximum Gasteiger partial charge on any atom is 0.0574 e. The lowest BCUT2D eigenvalue weighted by Crippen LogP contribution is -2.28. The molecule has 82 valence electrons. The quantitative estimate of drug-likeness (QED) is 0.682. The van der Waals surface area contributed by atoms with Gasteiger partial charge in [-0.2, -0.15) is 0 Å². The summed E-state index contributed by atoms with van der Waals surface area (Å²) in [6, 6.07) is 0. The summed E-state index contributed by atoms with van der Waals surface area (Å²) >= 11 is 0. The van der Waals surface area contributed by atoms with Crippen LogP contribution in [0.2, 0.25) is 0 Å². The van der Waals surface area contributed by atoms with Crippen LogP contribution in [-0.4, -0.2) is 11.2 Å². The van der Waals surface area contributed by atoms with E-state index in [9.17, 15) is 5.11 Å². The van der Waals surface area contributed by atoms with Gasteiger partial charge < -0.3 is 5.11 Å². The predicted octanol–water partition coefficient (Wildman–Crippen LogP) is 3.53. The van der Waals surface area contributed by atoms with E-state index in [1.54, 1.807) is 0 Å². The number of hydrogen-bond donors (Lipinski definition) is 1. The molecule has 1 aliphatic carbocycles. The molecular formula is C13H24O. The van der Waals surface area contributed by atoms with E-state index in [0.717, 1.165) is 19.3 Å². The molecule has 0 fully saturated rings. The summed E-state index contributed by atoms with van der Waals surface area (Å²) in [6.07, 6.45) is 7.82. The van der Waals surface area contributed by atoms with E-state index in [2.05, 4.69) is 26.8 Å². The first-order chi connectivity index (χ1) is 6.65. The van der Waals surface area contributed by atoms with Crippen LogP contribution in [0.25, 0.3) is 0 Å². The molecule has 0 amide bonds. The van der Waals surface area contributed by atoms with Crippen molar-refractivity contribution in [2.45, 2.75) is 59.0 Å². The van der Waals surface area contributed by atoms with Crippen molar-refractivity contribution in [3.8, 4) is 0 Å². The molecule has 0 heterocycles.